The zero-order valence-electron chi connectivity index (χ0n) is 18.9. The average molecular weight is 472 g/mol. The third-order valence-corrected chi connectivity index (χ3v) is 6.46. The summed E-state index contributed by atoms with van der Waals surface area (Å²) in [4.78, 5) is 9.38. The highest BCUT2D eigenvalue weighted by Crippen LogP contribution is 2.28. The zero-order valence-corrected chi connectivity index (χ0v) is 19.7. The minimum absolute atomic E-state index is 0.341. The first-order valence-corrected chi connectivity index (χ1v) is 11.9. The lowest BCUT2D eigenvalue weighted by Crippen LogP contribution is -2.32. The second-order valence-electron chi connectivity index (χ2n) is 8.52. The first-order valence-electron chi connectivity index (χ1n) is 11.6. The standard InChI is InChI=1S/C31H22ClN3/c32-31-34-29(33-30(35-31)28-19-16-22-8-4-5-9-27(22)20-28)26-17-14-25(15-18-26)24-12-10-23(11-13-24)21-6-2-1-3-7-21/h1-20,30H,(H,33,34,35). The van der Waals surface area contributed by atoms with Crippen LogP contribution in [0.5, 0.6) is 0 Å². The summed E-state index contributed by atoms with van der Waals surface area (Å²) in [6.45, 7) is 0. The van der Waals surface area contributed by atoms with Gasteiger partial charge in [0.15, 0.2) is 11.5 Å². The number of amidine groups is 2. The van der Waals surface area contributed by atoms with Gasteiger partial charge in [0.05, 0.1) is 0 Å². The quantitative estimate of drug-likeness (QED) is 0.266. The maximum absolute atomic E-state index is 6.37. The summed E-state index contributed by atoms with van der Waals surface area (Å²) in [6, 6.07) is 42.0. The Hall–Kier alpha value is -4.21. The van der Waals surface area contributed by atoms with Crippen molar-refractivity contribution < 1.29 is 0 Å². The molecule has 1 N–H and O–H groups in total. The minimum atomic E-state index is -0.381. The third-order valence-electron chi connectivity index (χ3n) is 6.26. The van der Waals surface area contributed by atoms with E-state index < -0.39 is 0 Å². The number of rotatable bonds is 4. The molecule has 0 bridgehead atoms. The number of halogens is 1. The van der Waals surface area contributed by atoms with E-state index in [4.69, 9.17) is 16.6 Å². The van der Waals surface area contributed by atoms with E-state index in [-0.39, 0.29) is 6.17 Å². The van der Waals surface area contributed by atoms with Crippen LogP contribution in [0.4, 0.5) is 0 Å². The number of fused-ring (bicyclic) bond motifs is 1. The molecule has 5 aromatic carbocycles. The topological polar surface area (TPSA) is 36.8 Å². The summed E-state index contributed by atoms with van der Waals surface area (Å²) in [5, 5.41) is 5.81. The first kappa shape index (κ1) is 21.3. The SMILES string of the molecule is ClC1=NC(c2ccc3ccccc3c2)N=C(c2ccc(-c3ccc(-c4ccccc4)cc3)cc2)N1. The van der Waals surface area contributed by atoms with Gasteiger partial charge in [-0.15, -0.1) is 0 Å². The molecule has 1 heterocycles. The van der Waals surface area contributed by atoms with Gasteiger partial charge < -0.3 is 5.32 Å². The minimum Gasteiger partial charge on any atom is -0.315 e. The molecule has 0 saturated carbocycles. The van der Waals surface area contributed by atoms with Crippen LogP contribution in [-0.2, 0) is 0 Å². The van der Waals surface area contributed by atoms with Crippen LogP contribution < -0.4 is 5.32 Å². The molecule has 5 aromatic rings. The molecule has 1 aliphatic heterocycles. The van der Waals surface area contributed by atoms with Gasteiger partial charge in [0.2, 0.25) is 0 Å². The molecule has 35 heavy (non-hydrogen) atoms. The van der Waals surface area contributed by atoms with Crippen LogP contribution in [0.3, 0.4) is 0 Å². The monoisotopic (exact) mass is 471 g/mol. The highest BCUT2D eigenvalue weighted by molar-refractivity contribution is 6.66. The smallest absolute Gasteiger partial charge is 0.199 e. The summed E-state index contributed by atoms with van der Waals surface area (Å²) >= 11 is 6.37. The summed E-state index contributed by atoms with van der Waals surface area (Å²) in [6.07, 6.45) is -0.381. The van der Waals surface area contributed by atoms with E-state index in [0.29, 0.717) is 11.1 Å². The van der Waals surface area contributed by atoms with Crippen LogP contribution >= 0.6 is 11.6 Å². The van der Waals surface area contributed by atoms with Crippen molar-refractivity contribution >= 4 is 33.5 Å². The molecule has 6 rings (SSSR count). The molecule has 0 saturated heterocycles. The van der Waals surface area contributed by atoms with E-state index in [2.05, 4.69) is 113 Å². The van der Waals surface area contributed by atoms with Crippen LogP contribution in [0.25, 0.3) is 33.0 Å². The molecule has 0 fully saturated rings. The van der Waals surface area contributed by atoms with Gasteiger partial charge in [0.25, 0.3) is 0 Å². The Bertz CT molecular complexity index is 1550. The summed E-state index contributed by atoms with van der Waals surface area (Å²) < 4.78 is 0. The molecule has 0 spiro atoms. The molecule has 3 nitrogen and oxygen atoms in total. The van der Waals surface area contributed by atoms with E-state index in [1.54, 1.807) is 0 Å². The molecule has 0 aromatic heterocycles. The number of aliphatic imine (C=N–C) groups is 2. The maximum Gasteiger partial charge on any atom is 0.199 e. The second-order valence-corrected chi connectivity index (χ2v) is 8.88. The summed E-state index contributed by atoms with van der Waals surface area (Å²) in [5.41, 5.74) is 6.72. The molecule has 0 radical (unpaired) electrons. The van der Waals surface area contributed by atoms with Crippen molar-refractivity contribution in [1.29, 1.82) is 0 Å². The van der Waals surface area contributed by atoms with Crippen LogP contribution in [0.15, 0.2) is 131 Å². The molecular weight excluding hydrogens is 450 g/mol. The molecular formula is C31H22ClN3. The van der Waals surface area contributed by atoms with Crippen molar-refractivity contribution in [2.24, 2.45) is 9.98 Å². The third kappa shape index (κ3) is 4.46. The highest BCUT2D eigenvalue weighted by atomic mass is 35.5. The number of nitrogens with one attached hydrogen (secondary N) is 1. The van der Waals surface area contributed by atoms with Gasteiger partial charge in [-0.2, -0.15) is 0 Å². The van der Waals surface area contributed by atoms with Crippen molar-refractivity contribution in [3.05, 3.63) is 132 Å². The summed E-state index contributed by atoms with van der Waals surface area (Å²) in [7, 11) is 0. The lowest BCUT2D eigenvalue weighted by molar-refractivity contribution is 0.761. The Morgan fingerprint density at radius 1 is 0.514 bits per heavy atom. The van der Waals surface area contributed by atoms with Gasteiger partial charge in [-0.25, -0.2) is 9.98 Å². The van der Waals surface area contributed by atoms with Gasteiger partial charge in [-0.1, -0.05) is 115 Å². The molecule has 1 aliphatic rings. The van der Waals surface area contributed by atoms with Crippen LogP contribution in [-0.4, -0.2) is 11.1 Å². The van der Waals surface area contributed by atoms with Crippen molar-refractivity contribution in [3.63, 3.8) is 0 Å². The van der Waals surface area contributed by atoms with Gasteiger partial charge >= 0.3 is 0 Å². The first-order chi connectivity index (χ1) is 17.2. The molecule has 4 heteroatoms. The Kier molecular flexibility index (Phi) is 5.61. The van der Waals surface area contributed by atoms with Crippen LogP contribution in [0.1, 0.15) is 17.3 Å². The van der Waals surface area contributed by atoms with E-state index in [1.807, 2.05) is 18.2 Å². The van der Waals surface area contributed by atoms with Gasteiger partial charge in [0.1, 0.15) is 5.84 Å². The fraction of sp³-hybridized carbons (Fsp3) is 0.0323. The molecule has 0 amide bonds. The predicted molar refractivity (Wildman–Crippen MR) is 147 cm³/mol. The van der Waals surface area contributed by atoms with Crippen molar-refractivity contribution in [1.82, 2.24) is 5.32 Å². The van der Waals surface area contributed by atoms with Crippen LogP contribution in [0, 0.1) is 0 Å². The lowest BCUT2D eigenvalue weighted by Gasteiger charge is -2.19. The highest BCUT2D eigenvalue weighted by Gasteiger charge is 2.19. The van der Waals surface area contributed by atoms with E-state index in [9.17, 15) is 0 Å². The fourth-order valence-electron chi connectivity index (χ4n) is 4.39. The predicted octanol–water partition coefficient (Wildman–Crippen LogP) is 7.82. The number of nitrogens with zero attached hydrogens (tertiary/aromatic N) is 2. The van der Waals surface area contributed by atoms with Crippen molar-refractivity contribution in [2.45, 2.75) is 6.17 Å². The van der Waals surface area contributed by atoms with Crippen molar-refractivity contribution in [2.75, 3.05) is 0 Å². The normalized spacial score (nSPS) is 15.3. The Balaban J connectivity index is 1.26. The van der Waals surface area contributed by atoms with Crippen LogP contribution in [0.2, 0.25) is 0 Å². The number of hydrogen-bond donors (Lipinski definition) is 1. The Morgan fingerprint density at radius 3 is 1.71 bits per heavy atom. The van der Waals surface area contributed by atoms with Gasteiger partial charge in [-0.05, 0) is 56.3 Å². The Morgan fingerprint density at radius 2 is 1.06 bits per heavy atom. The zero-order chi connectivity index (χ0) is 23.6. The average Bonchev–Trinajstić information content (AvgIpc) is 2.93. The molecule has 0 aliphatic carbocycles. The van der Waals surface area contributed by atoms with Gasteiger partial charge in [0, 0.05) is 5.56 Å². The molecule has 1 atom stereocenters. The lowest BCUT2D eigenvalue weighted by atomic mass is 9.99. The van der Waals surface area contributed by atoms with Crippen molar-refractivity contribution in [3.8, 4) is 22.3 Å². The second kappa shape index (κ2) is 9.21. The molecule has 1 unspecified atom stereocenters. The largest absolute Gasteiger partial charge is 0.315 e. The Labute approximate surface area is 209 Å². The van der Waals surface area contributed by atoms with E-state index in [0.717, 1.165) is 22.1 Å². The fourth-order valence-corrected chi connectivity index (χ4v) is 4.57. The maximum atomic E-state index is 6.37. The van der Waals surface area contributed by atoms with Gasteiger partial charge in [-0.3, -0.25) is 0 Å². The van der Waals surface area contributed by atoms with E-state index >= 15 is 0 Å². The summed E-state index contributed by atoms with van der Waals surface area (Å²) in [5.74, 6) is 0.717. The van der Waals surface area contributed by atoms with E-state index in [1.165, 1.54) is 22.1 Å². The number of hydrogen-bond acceptors (Lipinski definition) is 3. The number of benzene rings is 5. The molecule has 168 valence electrons.